The summed E-state index contributed by atoms with van der Waals surface area (Å²) in [4.78, 5) is 26.4. The molecule has 46 heavy (non-hydrogen) atoms. The van der Waals surface area contributed by atoms with E-state index in [2.05, 4.69) is 22.0 Å². The van der Waals surface area contributed by atoms with Crippen LogP contribution in [-0.4, -0.2) is 78.4 Å². The summed E-state index contributed by atoms with van der Waals surface area (Å²) in [5, 5.41) is 7.25. The Morgan fingerprint density at radius 3 is 2.65 bits per heavy atom. The maximum atomic E-state index is 14.0. The van der Waals surface area contributed by atoms with E-state index in [4.69, 9.17) is 15.7 Å². The summed E-state index contributed by atoms with van der Waals surface area (Å²) >= 11 is 0. The lowest BCUT2D eigenvalue weighted by Crippen LogP contribution is -2.52. The lowest BCUT2D eigenvalue weighted by Gasteiger charge is -2.38. The van der Waals surface area contributed by atoms with Crippen molar-refractivity contribution in [3.05, 3.63) is 90.9 Å². The maximum absolute atomic E-state index is 14.0. The van der Waals surface area contributed by atoms with Gasteiger partial charge < -0.3 is 16.0 Å². The minimum Gasteiger partial charge on any atom is -0.383 e. The summed E-state index contributed by atoms with van der Waals surface area (Å²) in [6, 6.07) is 14.4. The van der Waals surface area contributed by atoms with Crippen molar-refractivity contribution in [2.24, 2.45) is 0 Å². The van der Waals surface area contributed by atoms with Gasteiger partial charge in [-0.3, -0.25) is 9.36 Å². The molecule has 0 bridgehead atoms. The molecule has 238 valence electrons. The Morgan fingerprint density at radius 2 is 1.93 bits per heavy atom. The van der Waals surface area contributed by atoms with E-state index in [1.165, 1.54) is 4.90 Å². The molecule has 1 aromatic carbocycles. The van der Waals surface area contributed by atoms with E-state index in [0.717, 1.165) is 28.4 Å². The van der Waals surface area contributed by atoms with Gasteiger partial charge in [0, 0.05) is 49.7 Å². The molecule has 13 heteroatoms. The first kappa shape index (κ1) is 31.0. The fraction of sp³-hybridized carbons (Fsp3) is 0.303. The van der Waals surface area contributed by atoms with Gasteiger partial charge in [0.2, 0.25) is 5.91 Å². The lowest BCUT2D eigenvalue weighted by molar-refractivity contribution is -0.134. The van der Waals surface area contributed by atoms with Crippen molar-refractivity contribution in [1.29, 1.82) is 0 Å². The van der Waals surface area contributed by atoms with E-state index < -0.39 is 24.5 Å². The van der Waals surface area contributed by atoms with Crippen LogP contribution in [-0.2, 0) is 17.6 Å². The number of nitrogen functional groups attached to an aromatic ring is 1. The first-order valence-corrected chi connectivity index (χ1v) is 15.0. The van der Waals surface area contributed by atoms with Crippen molar-refractivity contribution >= 4 is 22.9 Å². The van der Waals surface area contributed by atoms with Crippen molar-refractivity contribution in [3.63, 3.8) is 0 Å². The largest absolute Gasteiger partial charge is 0.383 e. The van der Waals surface area contributed by atoms with Crippen LogP contribution in [0.1, 0.15) is 24.0 Å². The van der Waals surface area contributed by atoms with Crippen molar-refractivity contribution in [3.8, 4) is 22.9 Å². The van der Waals surface area contributed by atoms with Gasteiger partial charge >= 0.3 is 0 Å². The van der Waals surface area contributed by atoms with Crippen LogP contribution in [0.5, 0.6) is 0 Å². The molecule has 3 unspecified atom stereocenters. The van der Waals surface area contributed by atoms with Gasteiger partial charge in [-0.05, 0) is 79.6 Å². The Hall–Kier alpha value is -5.04. The van der Waals surface area contributed by atoms with E-state index in [1.807, 2.05) is 59.3 Å². The van der Waals surface area contributed by atoms with Gasteiger partial charge in [0.1, 0.15) is 17.5 Å². The van der Waals surface area contributed by atoms with Gasteiger partial charge in [0.15, 0.2) is 17.3 Å². The highest BCUT2D eigenvalue weighted by molar-refractivity contribution is 5.87. The number of benzene rings is 1. The molecule has 5 aromatic rings. The molecular formula is C33H34F3N9O. The Bertz CT molecular complexity index is 1860. The number of amides is 1. The SMILES string of the molecule is C=CC(=O)N1CCC(NC)CC1C(F)F.Nc1ncccc1-c1nc2ccc(-n3cccn3)nc2n1-c1ccc2c(c1)CC(F)C2. The highest BCUT2D eigenvalue weighted by atomic mass is 19.3. The summed E-state index contributed by atoms with van der Waals surface area (Å²) in [6.45, 7) is 3.68. The standard InChI is InChI=1S/C23H18FN7.C10H16F2N2O/c24-16-11-14-4-5-17(13-15(14)12-16)31-22(18-3-1-8-26-21(18)25)28-19-6-7-20(29-23(19)31)30-10-2-9-27-30;1-3-9(15)14-5-4-7(13-2)6-8(14)10(11)12/h1-10,13,16H,11-12H2,(H2,25,26);3,7-8,10,13H,1,4-6H2,2H3. The Kier molecular flexibility index (Phi) is 8.84. The number of halogens is 3. The molecule has 0 spiro atoms. The van der Waals surface area contributed by atoms with Crippen LogP contribution >= 0.6 is 0 Å². The molecule has 3 atom stereocenters. The molecule has 1 saturated heterocycles. The number of aromatic nitrogens is 6. The van der Waals surface area contributed by atoms with E-state index in [9.17, 15) is 18.0 Å². The van der Waals surface area contributed by atoms with E-state index >= 15 is 0 Å². The van der Waals surface area contributed by atoms with E-state index in [-0.39, 0.29) is 6.04 Å². The third-order valence-corrected chi connectivity index (χ3v) is 8.44. The number of rotatable bonds is 6. The van der Waals surface area contributed by atoms with Gasteiger partial charge in [-0.25, -0.2) is 32.8 Å². The first-order valence-electron chi connectivity index (χ1n) is 15.0. The summed E-state index contributed by atoms with van der Waals surface area (Å²) < 4.78 is 43.1. The number of likely N-dealkylation sites (tertiary alicyclic amines) is 1. The number of nitrogens with zero attached hydrogens (tertiary/aromatic N) is 7. The number of pyridine rings is 2. The van der Waals surface area contributed by atoms with E-state index in [1.54, 1.807) is 24.1 Å². The topological polar surface area (TPSA) is 120 Å². The smallest absolute Gasteiger partial charge is 0.258 e. The molecule has 4 aromatic heterocycles. The quantitative estimate of drug-likeness (QED) is 0.261. The number of carbonyl (C=O) groups excluding carboxylic acids is 1. The third kappa shape index (κ3) is 6.10. The monoisotopic (exact) mass is 629 g/mol. The van der Waals surface area contributed by atoms with Crippen LogP contribution in [0, 0.1) is 0 Å². The van der Waals surface area contributed by atoms with E-state index in [0.29, 0.717) is 60.9 Å². The number of hydrogen-bond acceptors (Lipinski definition) is 7. The molecule has 0 radical (unpaired) electrons. The lowest BCUT2D eigenvalue weighted by atomic mass is 9.97. The molecule has 3 N–H and O–H groups in total. The minimum atomic E-state index is -2.50. The molecular weight excluding hydrogens is 595 g/mol. The van der Waals surface area contributed by atoms with Crippen molar-refractivity contribution in [2.45, 2.75) is 50.4 Å². The molecule has 1 fully saturated rings. The number of alkyl halides is 3. The molecule has 0 saturated carbocycles. The molecule has 2 aliphatic rings. The molecule has 1 amide bonds. The zero-order chi connectivity index (χ0) is 32.4. The number of carbonyl (C=O) groups is 1. The van der Waals surface area contributed by atoms with Crippen molar-refractivity contribution < 1.29 is 18.0 Å². The van der Waals surface area contributed by atoms with Crippen molar-refractivity contribution in [1.82, 2.24) is 39.5 Å². The summed E-state index contributed by atoms with van der Waals surface area (Å²) in [6.07, 6.45) is 4.85. The van der Waals surface area contributed by atoms with Crippen LogP contribution in [0.4, 0.5) is 19.0 Å². The number of anilines is 1. The Balaban J connectivity index is 0.000000210. The minimum absolute atomic E-state index is 0.0675. The van der Waals surface area contributed by atoms with Crippen LogP contribution in [0.2, 0.25) is 0 Å². The fourth-order valence-electron chi connectivity index (χ4n) is 6.09. The molecule has 1 aliphatic heterocycles. The molecule has 10 nitrogen and oxygen atoms in total. The second kappa shape index (κ2) is 13.1. The van der Waals surface area contributed by atoms with Crippen LogP contribution in [0.15, 0.2) is 79.8 Å². The zero-order valence-corrected chi connectivity index (χ0v) is 25.2. The molecule has 1 aliphatic carbocycles. The number of fused-ring (bicyclic) bond motifs is 2. The van der Waals surface area contributed by atoms with Gasteiger partial charge in [-0.1, -0.05) is 12.6 Å². The summed E-state index contributed by atoms with van der Waals surface area (Å²) in [5.74, 6) is 1.29. The predicted molar refractivity (Wildman–Crippen MR) is 170 cm³/mol. The molecule has 7 rings (SSSR count). The average Bonchev–Trinajstić information content (AvgIpc) is 3.82. The Labute approximate surface area is 263 Å². The number of hydrogen-bond donors (Lipinski definition) is 2. The highest BCUT2D eigenvalue weighted by Crippen LogP contribution is 2.33. The van der Waals surface area contributed by atoms with Crippen LogP contribution < -0.4 is 11.1 Å². The first-order chi connectivity index (χ1) is 22.3. The number of piperidine rings is 1. The summed E-state index contributed by atoms with van der Waals surface area (Å²) in [7, 11) is 1.75. The second-order valence-corrected chi connectivity index (χ2v) is 11.3. The normalized spacial score (nSPS) is 19.2. The number of nitrogens with one attached hydrogen (secondary N) is 1. The molecule has 5 heterocycles. The Morgan fingerprint density at radius 1 is 1.11 bits per heavy atom. The summed E-state index contributed by atoms with van der Waals surface area (Å²) in [5.41, 5.74) is 11.2. The van der Waals surface area contributed by atoms with Gasteiger partial charge in [0.05, 0.1) is 11.6 Å². The van der Waals surface area contributed by atoms with Crippen LogP contribution in [0.25, 0.3) is 34.1 Å². The zero-order valence-electron chi connectivity index (χ0n) is 25.2. The maximum Gasteiger partial charge on any atom is 0.258 e. The third-order valence-electron chi connectivity index (χ3n) is 8.44. The number of imidazole rings is 1. The second-order valence-electron chi connectivity index (χ2n) is 11.3. The van der Waals surface area contributed by atoms with Crippen molar-refractivity contribution in [2.75, 3.05) is 19.3 Å². The van der Waals surface area contributed by atoms with Crippen LogP contribution in [0.3, 0.4) is 0 Å². The highest BCUT2D eigenvalue weighted by Gasteiger charge is 2.35. The van der Waals surface area contributed by atoms with Gasteiger partial charge in [0.25, 0.3) is 6.43 Å². The number of nitrogens with two attached hydrogens (primary N) is 1. The van der Waals surface area contributed by atoms with Gasteiger partial charge in [-0.2, -0.15) is 5.10 Å². The fourth-order valence-corrected chi connectivity index (χ4v) is 6.09. The van der Waals surface area contributed by atoms with Gasteiger partial charge in [-0.15, -0.1) is 0 Å². The predicted octanol–water partition coefficient (Wildman–Crippen LogP) is 4.70. The average molecular weight is 630 g/mol.